The number of hydrogen-bond acceptors (Lipinski definition) is 15. The molecule has 0 spiro atoms. The highest BCUT2D eigenvalue weighted by Gasteiger charge is 2.30. The Morgan fingerprint density at radius 1 is 0.296 bits per heavy atom. The summed E-state index contributed by atoms with van der Waals surface area (Å²) in [7, 11) is -9.97. The minimum absolute atomic E-state index is 0.0359. The van der Waals surface area contributed by atoms with Crippen molar-refractivity contribution < 1.29 is 80.2 Å². The molecule has 17 nitrogen and oxygen atoms in total. The Hall–Kier alpha value is -4.54. The van der Waals surface area contributed by atoms with E-state index in [1.54, 1.807) is 0 Å². The van der Waals surface area contributed by atoms with E-state index in [0.717, 1.165) is 148 Å². The van der Waals surface area contributed by atoms with Gasteiger partial charge in [-0.05, 0) is 116 Å². The third-order valence-electron chi connectivity index (χ3n) is 15.4. The summed E-state index contributed by atoms with van der Waals surface area (Å²) in [5, 5.41) is 10.6. The standard InChI is InChI=1S/C79H134O17P2/c1-5-9-13-17-21-25-29-32-34-35-36-37-39-42-45-48-52-56-60-64-77(82)90-70-75(96-79(84)66-62-58-54-50-46-40-31-27-23-19-15-11-7-3)72-94-98(87,88)92-68-73(80)67-91-97(85,86)93-71-74(95-78(83)65-61-57-53-49-43-28-24-20-16-12-8-4)69-89-76(81)63-59-55-51-47-44-41-38-33-30-26-22-18-14-10-6-2/h9-10,13-14,20-22,24-26,32-34,36-38,42,45,52,56,73-75,80H,5-8,11-12,15-19,23,27-31,35,39-41,43-44,46-51,53-55,57-72H2,1-4H3,(H,85,86)(H,87,88)/b13-9-,14-10-,24-20-,25-21-,26-22-,34-32-,37-36-,38-33-,45-42-,56-52-. The zero-order valence-corrected chi connectivity index (χ0v) is 63.0. The molecule has 0 saturated carbocycles. The van der Waals surface area contributed by atoms with Crippen LogP contribution in [0.2, 0.25) is 0 Å². The number of phosphoric acid groups is 2. The first kappa shape index (κ1) is 93.5. The molecule has 0 rings (SSSR count). The van der Waals surface area contributed by atoms with Gasteiger partial charge >= 0.3 is 39.5 Å². The SMILES string of the molecule is CC/C=C\C/C=C\C/C=C\C/C=C\C/C=C\C/C=C\CCC(=O)OCC(COP(=O)(O)OCC(O)COP(=O)(O)OCC(COC(=O)CCCCCCC/C=C\C/C=C\C/C=C\CC)OC(=O)CCCCCCC/C=C\CCCC)OC(=O)CCCCCCCCCCCCCCC. The highest BCUT2D eigenvalue weighted by molar-refractivity contribution is 7.47. The molecule has 19 heteroatoms. The lowest BCUT2D eigenvalue weighted by Crippen LogP contribution is -2.30. The van der Waals surface area contributed by atoms with Gasteiger partial charge in [0.05, 0.1) is 26.4 Å². The number of hydrogen-bond donors (Lipinski definition) is 3. The molecule has 5 atom stereocenters. The fourth-order valence-corrected chi connectivity index (χ4v) is 11.3. The van der Waals surface area contributed by atoms with E-state index in [1.165, 1.54) is 64.2 Å². The molecule has 562 valence electrons. The number of ether oxygens (including phenoxy) is 4. The zero-order valence-electron chi connectivity index (χ0n) is 61.2. The van der Waals surface area contributed by atoms with Crippen LogP contribution in [0, 0.1) is 0 Å². The maximum atomic E-state index is 13.1. The minimum atomic E-state index is -4.99. The normalized spacial score (nSPS) is 14.6. The van der Waals surface area contributed by atoms with Crippen LogP contribution in [0.25, 0.3) is 0 Å². The van der Waals surface area contributed by atoms with Crippen molar-refractivity contribution in [2.75, 3.05) is 39.6 Å². The van der Waals surface area contributed by atoms with Crippen molar-refractivity contribution in [3.63, 3.8) is 0 Å². The van der Waals surface area contributed by atoms with Crippen molar-refractivity contribution in [3.8, 4) is 0 Å². The molecule has 0 aliphatic rings. The Kier molecular flexibility index (Phi) is 67.6. The maximum absolute atomic E-state index is 13.1. The molecule has 0 aliphatic heterocycles. The molecule has 0 aromatic carbocycles. The predicted molar refractivity (Wildman–Crippen MR) is 399 cm³/mol. The second kappa shape index (κ2) is 70.9. The Bertz CT molecular complexity index is 2340. The molecular formula is C79H134O17P2. The second-order valence-corrected chi connectivity index (χ2v) is 27.7. The number of aliphatic hydroxyl groups is 1. The average molecular weight is 1420 g/mol. The summed E-state index contributed by atoms with van der Waals surface area (Å²) in [6.07, 6.45) is 76.4. The Morgan fingerprint density at radius 2 is 0.561 bits per heavy atom. The molecule has 98 heavy (non-hydrogen) atoms. The first-order chi connectivity index (χ1) is 47.7. The molecule has 0 amide bonds. The van der Waals surface area contributed by atoms with Gasteiger partial charge in [0.2, 0.25) is 0 Å². The molecule has 0 heterocycles. The summed E-state index contributed by atoms with van der Waals surface area (Å²) in [6, 6.07) is 0. The highest BCUT2D eigenvalue weighted by atomic mass is 31.2. The number of rotatable bonds is 70. The predicted octanol–water partition coefficient (Wildman–Crippen LogP) is 21.6. The van der Waals surface area contributed by atoms with Crippen molar-refractivity contribution in [3.05, 3.63) is 122 Å². The molecule has 0 aromatic rings. The van der Waals surface area contributed by atoms with Crippen molar-refractivity contribution >= 4 is 39.5 Å². The second-order valence-electron chi connectivity index (χ2n) is 24.8. The van der Waals surface area contributed by atoms with Crippen LogP contribution in [0.15, 0.2) is 122 Å². The fraction of sp³-hybridized carbons (Fsp3) is 0.696. The number of aliphatic hydroxyl groups excluding tert-OH is 1. The number of carbonyl (C=O) groups excluding carboxylic acids is 4. The molecule has 0 aliphatic carbocycles. The van der Waals surface area contributed by atoms with Crippen molar-refractivity contribution in [1.82, 2.24) is 0 Å². The quantitative estimate of drug-likeness (QED) is 0.0169. The number of unbranched alkanes of at least 4 members (excludes halogenated alkanes) is 24. The van der Waals surface area contributed by atoms with Crippen LogP contribution in [0.4, 0.5) is 0 Å². The summed E-state index contributed by atoms with van der Waals surface area (Å²) < 4.78 is 68.3. The van der Waals surface area contributed by atoms with Gasteiger partial charge in [-0.1, -0.05) is 278 Å². The fourth-order valence-electron chi connectivity index (χ4n) is 9.71. The monoisotopic (exact) mass is 1420 g/mol. The smallest absolute Gasteiger partial charge is 0.462 e. The number of allylic oxidation sites excluding steroid dienone is 20. The maximum Gasteiger partial charge on any atom is 0.472 e. The lowest BCUT2D eigenvalue weighted by Gasteiger charge is -2.21. The van der Waals surface area contributed by atoms with E-state index in [9.17, 15) is 43.2 Å². The van der Waals surface area contributed by atoms with E-state index in [-0.39, 0.29) is 25.7 Å². The average Bonchev–Trinajstić information content (AvgIpc) is 0.972. The van der Waals surface area contributed by atoms with Gasteiger partial charge in [0, 0.05) is 25.7 Å². The van der Waals surface area contributed by atoms with Crippen LogP contribution < -0.4 is 0 Å². The lowest BCUT2D eigenvalue weighted by atomic mass is 10.0. The molecule has 0 saturated heterocycles. The van der Waals surface area contributed by atoms with E-state index in [0.29, 0.717) is 32.1 Å². The molecule has 0 bridgehead atoms. The van der Waals surface area contributed by atoms with Crippen LogP contribution in [-0.2, 0) is 65.4 Å². The highest BCUT2D eigenvalue weighted by Crippen LogP contribution is 2.45. The van der Waals surface area contributed by atoms with Crippen molar-refractivity contribution in [2.45, 2.75) is 316 Å². The molecule has 0 radical (unpaired) electrons. The van der Waals surface area contributed by atoms with Crippen LogP contribution in [0.5, 0.6) is 0 Å². The Morgan fingerprint density at radius 3 is 0.918 bits per heavy atom. The van der Waals surface area contributed by atoms with Crippen LogP contribution in [-0.4, -0.2) is 96.7 Å². The lowest BCUT2D eigenvalue weighted by molar-refractivity contribution is -0.161. The van der Waals surface area contributed by atoms with Gasteiger partial charge in [0.1, 0.15) is 19.3 Å². The summed E-state index contributed by atoms with van der Waals surface area (Å²) in [6.45, 7) is 4.49. The van der Waals surface area contributed by atoms with Gasteiger partial charge in [-0.3, -0.25) is 37.3 Å². The van der Waals surface area contributed by atoms with Crippen LogP contribution in [0.1, 0.15) is 297 Å². The minimum Gasteiger partial charge on any atom is -0.462 e. The van der Waals surface area contributed by atoms with E-state index in [1.807, 2.05) is 18.2 Å². The van der Waals surface area contributed by atoms with Gasteiger partial charge in [-0.15, -0.1) is 0 Å². The molecule has 0 aromatic heterocycles. The molecule has 5 unspecified atom stereocenters. The topological polar surface area (TPSA) is 237 Å². The first-order valence-electron chi connectivity index (χ1n) is 37.8. The van der Waals surface area contributed by atoms with Gasteiger partial charge in [0.25, 0.3) is 0 Å². The van der Waals surface area contributed by atoms with E-state index < -0.39 is 97.5 Å². The zero-order chi connectivity index (χ0) is 71.8. The van der Waals surface area contributed by atoms with Crippen LogP contribution >= 0.6 is 15.6 Å². The third kappa shape index (κ3) is 69.9. The Labute approximate surface area is 593 Å². The summed E-state index contributed by atoms with van der Waals surface area (Å²) in [4.78, 5) is 72.7. The number of phosphoric ester groups is 2. The van der Waals surface area contributed by atoms with Gasteiger partial charge in [0.15, 0.2) is 12.2 Å². The summed E-state index contributed by atoms with van der Waals surface area (Å²) >= 11 is 0. The van der Waals surface area contributed by atoms with Crippen LogP contribution in [0.3, 0.4) is 0 Å². The first-order valence-corrected chi connectivity index (χ1v) is 40.8. The largest absolute Gasteiger partial charge is 0.472 e. The van der Waals surface area contributed by atoms with Gasteiger partial charge in [-0.25, -0.2) is 9.13 Å². The molecule has 0 fully saturated rings. The van der Waals surface area contributed by atoms with Gasteiger partial charge in [-0.2, -0.15) is 0 Å². The van der Waals surface area contributed by atoms with E-state index in [4.69, 9.17) is 37.0 Å². The Balaban J connectivity index is 5.39. The van der Waals surface area contributed by atoms with Crippen molar-refractivity contribution in [2.24, 2.45) is 0 Å². The summed E-state index contributed by atoms with van der Waals surface area (Å²) in [5.41, 5.74) is 0. The van der Waals surface area contributed by atoms with E-state index in [2.05, 4.69) is 131 Å². The summed E-state index contributed by atoms with van der Waals surface area (Å²) in [5.74, 6) is -2.30. The molecule has 3 N–H and O–H groups in total. The number of carbonyl (C=O) groups is 4. The van der Waals surface area contributed by atoms with Crippen molar-refractivity contribution in [1.29, 1.82) is 0 Å². The molecular weight excluding hydrogens is 1280 g/mol. The van der Waals surface area contributed by atoms with E-state index >= 15 is 0 Å². The number of esters is 4. The third-order valence-corrected chi connectivity index (χ3v) is 17.3. The van der Waals surface area contributed by atoms with Gasteiger partial charge < -0.3 is 33.8 Å².